The van der Waals surface area contributed by atoms with Crippen LogP contribution in [0.4, 0.5) is 4.39 Å². The van der Waals surface area contributed by atoms with Gasteiger partial charge in [0.25, 0.3) is 5.91 Å². The Morgan fingerprint density at radius 3 is 2.61 bits per heavy atom. The highest BCUT2D eigenvalue weighted by Gasteiger charge is 2.25. The van der Waals surface area contributed by atoms with Gasteiger partial charge >= 0.3 is 0 Å². The van der Waals surface area contributed by atoms with Gasteiger partial charge in [-0.05, 0) is 37.0 Å². The molecule has 0 spiro atoms. The number of likely N-dealkylation sites (tertiary alicyclic amines) is 1. The summed E-state index contributed by atoms with van der Waals surface area (Å²) in [6, 6.07) is 14.1. The minimum absolute atomic E-state index is 0.129. The summed E-state index contributed by atoms with van der Waals surface area (Å²) in [6.45, 7) is 2.22. The molecule has 2 heterocycles. The maximum absolute atomic E-state index is 13.2. The second-order valence-corrected chi connectivity index (χ2v) is 7.54. The topological polar surface area (TPSA) is 38.1 Å². The van der Waals surface area contributed by atoms with Crippen LogP contribution in [0.15, 0.2) is 60.9 Å². The molecule has 6 heteroatoms. The van der Waals surface area contributed by atoms with Crippen LogP contribution in [0.25, 0.3) is 11.4 Å². The number of piperidine rings is 1. The summed E-state index contributed by atoms with van der Waals surface area (Å²) in [6.07, 6.45) is 5.67. The van der Waals surface area contributed by atoms with Crippen molar-refractivity contribution in [3.63, 3.8) is 0 Å². The number of benzene rings is 2. The SMILES string of the molecule is O=C(c1ccc(F)cc1Cl)N1CCC(Cn2ccnc2-c2ccccc2)CC1. The van der Waals surface area contributed by atoms with Gasteiger partial charge in [-0.2, -0.15) is 0 Å². The lowest BCUT2D eigenvalue weighted by atomic mass is 9.96. The molecule has 1 aliphatic rings. The van der Waals surface area contributed by atoms with Gasteiger partial charge in [0.1, 0.15) is 11.6 Å². The Morgan fingerprint density at radius 1 is 1.14 bits per heavy atom. The molecule has 1 saturated heterocycles. The van der Waals surface area contributed by atoms with Gasteiger partial charge in [0.2, 0.25) is 0 Å². The van der Waals surface area contributed by atoms with Gasteiger partial charge in [-0.3, -0.25) is 4.79 Å². The largest absolute Gasteiger partial charge is 0.339 e. The fourth-order valence-electron chi connectivity index (χ4n) is 3.73. The quantitative estimate of drug-likeness (QED) is 0.628. The van der Waals surface area contributed by atoms with Crippen molar-refractivity contribution in [3.8, 4) is 11.4 Å². The third kappa shape index (κ3) is 3.94. The van der Waals surface area contributed by atoms with Crippen molar-refractivity contribution < 1.29 is 9.18 Å². The Balaban J connectivity index is 1.39. The molecule has 1 amide bonds. The molecule has 28 heavy (non-hydrogen) atoms. The Hall–Kier alpha value is -2.66. The summed E-state index contributed by atoms with van der Waals surface area (Å²) in [5, 5.41) is 0.165. The van der Waals surface area contributed by atoms with Crippen LogP contribution in [0, 0.1) is 11.7 Å². The summed E-state index contributed by atoms with van der Waals surface area (Å²) in [7, 11) is 0. The zero-order valence-electron chi connectivity index (χ0n) is 15.4. The molecule has 0 aliphatic carbocycles. The Bertz CT molecular complexity index is 965. The number of hydrogen-bond donors (Lipinski definition) is 0. The minimum atomic E-state index is -0.435. The zero-order valence-corrected chi connectivity index (χ0v) is 16.1. The van der Waals surface area contributed by atoms with E-state index in [1.807, 2.05) is 35.5 Å². The van der Waals surface area contributed by atoms with Crippen LogP contribution in [0.3, 0.4) is 0 Å². The second kappa shape index (κ2) is 8.15. The summed E-state index contributed by atoms with van der Waals surface area (Å²) in [5.74, 6) is 0.882. The highest BCUT2D eigenvalue weighted by molar-refractivity contribution is 6.33. The van der Waals surface area contributed by atoms with Gasteiger partial charge < -0.3 is 9.47 Å². The van der Waals surface area contributed by atoms with E-state index >= 15 is 0 Å². The molecule has 0 saturated carbocycles. The van der Waals surface area contributed by atoms with Crippen molar-refractivity contribution in [3.05, 3.63) is 77.3 Å². The lowest BCUT2D eigenvalue weighted by molar-refractivity contribution is 0.0683. The maximum Gasteiger partial charge on any atom is 0.255 e. The molecule has 1 aliphatic heterocycles. The Kier molecular flexibility index (Phi) is 5.44. The van der Waals surface area contributed by atoms with Gasteiger partial charge in [0, 0.05) is 37.6 Å². The van der Waals surface area contributed by atoms with Crippen molar-refractivity contribution >= 4 is 17.5 Å². The number of carbonyl (C=O) groups excluding carboxylic acids is 1. The van der Waals surface area contributed by atoms with Crippen LogP contribution in [-0.2, 0) is 6.54 Å². The average Bonchev–Trinajstić information content (AvgIpc) is 3.17. The van der Waals surface area contributed by atoms with Crippen LogP contribution in [0.1, 0.15) is 23.2 Å². The number of carbonyl (C=O) groups is 1. The van der Waals surface area contributed by atoms with Crippen LogP contribution >= 0.6 is 11.6 Å². The number of halogens is 2. The van der Waals surface area contributed by atoms with Crippen molar-refractivity contribution in [2.45, 2.75) is 19.4 Å². The molecule has 0 bridgehead atoms. The molecule has 1 aromatic heterocycles. The first kappa shape index (κ1) is 18.7. The van der Waals surface area contributed by atoms with E-state index < -0.39 is 5.82 Å². The number of aromatic nitrogens is 2. The molecular formula is C22H21ClFN3O. The fraction of sp³-hybridized carbons (Fsp3) is 0.273. The molecule has 0 radical (unpaired) electrons. The van der Waals surface area contributed by atoms with Gasteiger partial charge in [-0.25, -0.2) is 9.37 Å². The Labute approximate surface area is 168 Å². The normalized spacial score (nSPS) is 15.0. The van der Waals surface area contributed by atoms with Crippen LogP contribution in [-0.4, -0.2) is 33.4 Å². The average molecular weight is 398 g/mol. The van der Waals surface area contributed by atoms with E-state index in [-0.39, 0.29) is 10.9 Å². The second-order valence-electron chi connectivity index (χ2n) is 7.13. The van der Waals surface area contributed by atoms with E-state index in [2.05, 4.69) is 21.7 Å². The minimum Gasteiger partial charge on any atom is -0.339 e. The molecule has 0 unspecified atom stereocenters. The first-order chi connectivity index (χ1) is 13.6. The first-order valence-electron chi connectivity index (χ1n) is 9.42. The standard InChI is InChI=1S/C22H21ClFN3O/c23-20-14-18(24)6-7-19(20)22(28)26-11-8-16(9-12-26)15-27-13-10-25-21(27)17-4-2-1-3-5-17/h1-7,10,13-14,16H,8-9,11-12,15H2. The van der Waals surface area contributed by atoms with Gasteiger partial charge in [0.15, 0.2) is 0 Å². The van der Waals surface area contributed by atoms with E-state index in [0.717, 1.165) is 30.8 Å². The molecule has 4 rings (SSSR count). The van der Waals surface area contributed by atoms with Crippen LogP contribution < -0.4 is 0 Å². The molecule has 144 valence electrons. The predicted octanol–water partition coefficient (Wildman–Crippen LogP) is 4.90. The molecule has 4 nitrogen and oxygen atoms in total. The maximum atomic E-state index is 13.2. The molecule has 0 atom stereocenters. The van der Waals surface area contributed by atoms with Crippen molar-refractivity contribution in [2.24, 2.45) is 5.92 Å². The molecule has 2 aromatic carbocycles. The number of amides is 1. The van der Waals surface area contributed by atoms with Crippen LogP contribution in [0.2, 0.25) is 5.02 Å². The molecule has 0 N–H and O–H groups in total. The van der Waals surface area contributed by atoms with Crippen LogP contribution in [0.5, 0.6) is 0 Å². The van der Waals surface area contributed by atoms with Gasteiger partial charge in [0.05, 0.1) is 10.6 Å². The number of nitrogens with zero attached hydrogens (tertiary/aromatic N) is 3. The number of rotatable bonds is 4. The highest BCUT2D eigenvalue weighted by atomic mass is 35.5. The fourth-order valence-corrected chi connectivity index (χ4v) is 3.98. The van der Waals surface area contributed by atoms with Crippen molar-refractivity contribution in [1.82, 2.24) is 14.5 Å². The number of imidazole rings is 1. The van der Waals surface area contributed by atoms with E-state index in [1.165, 1.54) is 18.2 Å². The smallest absolute Gasteiger partial charge is 0.255 e. The zero-order chi connectivity index (χ0) is 19.5. The van der Waals surface area contributed by atoms with E-state index in [9.17, 15) is 9.18 Å². The predicted molar refractivity (Wildman–Crippen MR) is 108 cm³/mol. The van der Waals surface area contributed by atoms with Gasteiger partial charge in [-0.1, -0.05) is 41.9 Å². The highest BCUT2D eigenvalue weighted by Crippen LogP contribution is 2.26. The lowest BCUT2D eigenvalue weighted by Gasteiger charge is -2.32. The van der Waals surface area contributed by atoms with E-state index in [4.69, 9.17) is 11.6 Å². The summed E-state index contributed by atoms with van der Waals surface area (Å²) >= 11 is 6.04. The Morgan fingerprint density at radius 2 is 1.89 bits per heavy atom. The summed E-state index contributed by atoms with van der Waals surface area (Å²) < 4.78 is 15.4. The first-order valence-corrected chi connectivity index (χ1v) is 9.80. The third-order valence-corrected chi connectivity index (χ3v) is 5.58. The summed E-state index contributed by atoms with van der Waals surface area (Å²) in [5.41, 5.74) is 1.47. The monoisotopic (exact) mass is 397 g/mol. The van der Waals surface area contributed by atoms with Crippen molar-refractivity contribution in [1.29, 1.82) is 0 Å². The van der Waals surface area contributed by atoms with Crippen molar-refractivity contribution in [2.75, 3.05) is 13.1 Å². The number of hydrogen-bond acceptors (Lipinski definition) is 2. The van der Waals surface area contributed by atoms with E-state index in [1.54, 1.807) is 0 Å². The van der Waals surface area contributed by atoms with E-state index in [0.29, 0.717) is 24.6 Å². The molecular weight excluding hydrogens is 377 g/mol. The third-order valence-electron chi connectivity index (χ3n) is 5.27. The molecule has 1 fully saturated rings. The molecule has 3 aromatic rings. The lowest BCUT2D eigenvalue weighted by Crippen LogP contribution is -2.39. The summed E-state index contributed by atoms with van der Waals surface area (Å²) in [4.78, 5) is 19.0. The van der Waals surface area contributed by atoms with Gasteiger partial charge in [-0.15, -0.1) is 0 Å².